The van der Waals surface area contributed by atoms with Crippen molar-refractivity contribution in [2.75, 3.05) is 45.3 Å². The van der Waals surface area contributed by atoms with Crippen LogP contribution in [-0.2, 0) is 21.3 Å². The van der Waals surface area contributed by atoms with Crippen LogP contribution in [0.1, 0.15) is 15.9 Å². The summed E-state index contributed by atoms with van der Waals surface area (Å²) in [6.07, 6.45) is 0. The summed E-state index contributed by atoms with van der Waals surface area (Å²) in [6.45, 7) is 2.49. The average molecular weight is 421 g/mol. The lowest BCUT2D eigenvalue weighted by Crippen LogP contribution is -2.38. The molecule has 9 heteroatoms. The molecule has 1 fully saturated rings. The molecule has 0 radical (unpaired) electrons. The fraction of sp³-hybridized carbons (Fsp3) is 0.350. The molecule has 2 aromatic carbocycles. The Morgan fingerprint density at radius 3 is 2.41 bits per heavy atom. The van der Waals surface area contributed by atoms with Crippen molar-refractivity contribution < 1.29 is 22.3 Å². The lowest BCUT2D eigenvalue weighted by atomic mass is 10.1. The molecule has 29 heavy (non-hydrogen) atoms. The molecule has 7 nitrogen and oxygen atoms in total. The number of sulfonamides is 1. The van der Waals surface area contributed by atoms with Crippen molar-refractivity contribution in [3.8, 4) is 0 Å². The molecule has 1 amide bonds. The number of amides is 1. The largest absolute Gasteiger partial charge is 0.378 e. The molecule has 1 saturated heterocycles. The number of morpholine rings is 1. The van der Waals surface area contributed by atoms with Crippen molar-refractivity contribution in [2.24, 2.45) is 0 Å². The van der Waals surface area contributed by atoms with Crippen molar-refractivity contribution in [1.29, 1.82) is 0 Å². The Hall–Kier alpha value is -2.49. The highest BCUT2D eigenvalue weighted by molar-refractivity contribution is 7.89. The third-order valence-electron chi connectivity index (χ3n) is 4.71. The van der Waals surface area contributed by atoms with E-state index in [0.717, 1.165) is 9.87 Å². The van der Waals surface area contributed by atoms with Gasteiger partial charge in [0, 0.05) is 39.4 Å². The van der Waals surface area contributed by atoms with Crippen LogP contribution >= 0.6 is 0 Å². The molecule has 0 aromatic heterocycles. The van der Waals surface area contributed by atoms with E-state index in [1.54, 1.807) is 18.2 Å². The van der Waals surface area contributed by atoms with Gasteiger partial charge < -0.3 is 15.0 Å². The maximum Gasteiger partial charge on any atom is 0.253 e. The van der Waals surface area contributed by atoms with E-state index in [4.69, 9.17) is 4.74 Å². The van der Waals surface area contributed by atoms with Gasteiger partial charge in [0.05, 0.1) is 23.7 Å². The van der Waals surface area contributed by atoms with Gasteiger partial charge in [0.25, 0.3) is 5.91 Å². The van der Waals surface area contributed by atoms with Gasteiger partial charge in [0.15, 0.2) is 0 Å². The van der Waals surface area contributed by atoms with Gasteiger partial charge in [-0.05, 0) is 35.9 Å². The maximum absolute atomic E-state index is 13.1. The van der Waals surface area contributed by atoms with Crippen LogP contribution < -0.4 is 10.2 Å². The molecule has 1 heterocycles. The third-order valence-corrected chi connectivity index (χ3v) is 6.52. The molecular formula is C20H24FN3O4S. The minimum Gasteiger partial charge on any atom is -0.378 e. The maximum atomic E-state index is 13.1. The average Bonchev–Trinajstić information content (AvgIpc) is 2.73. The molecule has 2 aromatic rings. The van der Waals surface area contributed by atoms with Gasteiger partial charge in [-0.2, -0.15) is 0 Å². The molecule has 0 bridgehead atoms. The zero-order valence-corrected chi connectivity index (χ0v) is 17.2. The topological polar surface area (TPSA) is 79.0 Å². The van der Waals surface area contributed by atoms with Crippen LogP contribution in [0.2, 0.25) is 0 Å². The molecule has 1 aliphatic heterocycles. The molecule has 0 aliphatic carbocycles. The molecule has 0 unspecified atom stereocenters. The zero-order valence-electron chi connectivity index (χ0n) is 16.4. The predicted octanol–water partition coefficient (Wildman–Crippen LogP) is 1.84. The van der Waals surface area contributed by atoms with Crippen LogP contribution in [0.5, 0.6) is 0 Å². The Bertz CT molecular complexity index is 972. The van der Waals surface area contributed by atoms with Gasteiger partial charge in [-0.25, -0.2) is 17.1 Å². The standard InChI is InChI=1S/C20H24FN3O4S/c1-23(2)29(26,27)17-7-8-19(24-9-11-28-12-10-24)18(13-17)20(25)22-14-15-3-5-16(21)6-4-15/h3-8,13H,9-12,14H2,1-2H3,(H,22,25). The van der Waals surface area contributed by atoms with E-state index >= 15 is 0 Å². The zero-order chi connectivity index (χ0) is 21.0. The lowest BCUT2D eigenvalue weighted by Gasteiger charge is -2.30. The van der Waals surface area contributed by atoms with Crippen LogP contribution in [0, 0.1) is 5.82 Å². The highest BCUT2D eigenvalue weighted by atomic mass is 32.2. The van der Waals surface area contributed by atoms with Crippen molar-refractivity contribution >= 4 is 21.6 Å². The van der Waals surface area contributed by atoms with Gasteiger partial charge in [-0.1, -0.05) is 12.1 Å². The van der Waals surface area contributed by atoms with Gasteiger partial charge >= 0.3 is 0 Å². The highest BCUT2D eigenvalue weighted by Crippen LogP contribution is 2.26. The number of carbonyl (C=O) groups is 1. The summed E-state index contributed by atoms with van der Waals surface area (Å²) in [5, 5.41) is 2.79. The quantitative estimate of drug-likeness (QED) is 0.770. The SMILES string of the molecule is CN(C)S(=O)(=O)c1ccc(N2CCOCC2)c(C(=O)NCc2ccc(F)cc2)c1. The summed E-state index contributed by atoms with van der Waals surface area (Å²) < 4.78 is 44.6. The Kier molecular flexibility index (Phi) is 6.51. The number of nitrogens with zero attached hydrogens (tertiary/aromatic N) is 2. The Morgan fingerprint density at radius 2 is 1.79 bits per heavy atom. The summed E-state index contributed by atoms with van der Waals surface area (Å²) in [5.41, 5.74) is 1.67. The fourth-order valence-electron chi connectivity index (χ4n) is 3.03. The number of carbonyl (C=O) groups excluding carboxylic acids is 1. The van der Waals surface area contributed by atoms with Crippen LogP contribution in [0.15, 0.2) is 47.4 Å². The van der Waals surface area contributed by atoms with E-state index in [0.29, 0.717) is 32.0 Å². The van der Waals surface area contributed by atoms with E-state index in [9.17, 15) is 17.6 Å². The molecule has 3 rings (SSSR count). The summed E-state index contributed by atoms with van der Waals surface area (Å²) in [7, 11) is -0.796. The number of ether oxygens (including phenoxy) is 1. The summed E-state index contributed by atoms with van der Waals surface area (Å²) in [4.78, 5) is 15.0. The molecule has 156 valence electrons. The molecule has 0 atom stereocenters. The summed E-state index contributed by atoms with van der Waals surface area (Å²) in [5.74, 6) is -0.747. The van der Waals surface area contributed by atoms with E-state index in [2.05, 4.69) is 5.32 Å². The summed E-state index contributed by atoms with van der Waals surface area (Å²) >= 11 is 0. The second-order valence-electron chi connectivity index (χ2n) is 6.87. The van der Waals surface area contributed by atoms with Gasteiger partial charge in [-0.3, -0.25) is 4.79 Å². The second-order valence-corrected chi connectivity index (χ2v) is 9.03. The van der Waals surface area contributed by atoms with Gasteiger partial charge in [0.2, 0.25) is 10.0 Å². The van der Waals surface area contributed by atoms with Crippen LogP contribution in [-0.4, -0.2) is 59.0 Å². The minimum atomic E-state index is -3.68. The van der Waals surface area contributed by atoms with Crippen molar-refractivity contribution in [1.82, 2.24) is 9.62 Å². The number of benzene rings is 2. The number of halogens is 1. The van der Waals surface area contributed by atoms with Crippen molar-refractivity contribution in [3.63, 3.8) is 0 Å². The predicted molar refractivity (Wildman–Crippen MR) is 108 cm³/mol. The van der Waals surface area contributed by atoms with Gasteiger partial charge in [0.1, 0.15) is 5.82 Å². The number of rotatable bonds is 6. The van der Waals surface area contributed by atoms with Gasteiger partial charge in [-0.15, -0.1) is 0 Å². The number of hydrogen-bond donors (Lipinski definition) is 1. The number of anilines is 1. The monoisotopic (exact) mass is 421 g/mol. The van der Waals surface area contributed by atoms with E-state index in [1.165, 1.54) is 38.4 Å². The first-order chi connectivity index (χ1) is 13.8. The molecule has 0 spiro atoms. The first kappa shape index (κ1) is 21.2. The number of nitrogens with one attached hydrogen (secondary N) is 1. The molecule has 1 aliphatic rings. The first-order valence-electron chi connectivity index (χ1n) is 9.21. The molecule has 0 saturated carbocycles. The van der Waals surface area contributed by atoms with E-state index in [-0.39, 0.29) is 22.8 Å². The normalized spacial score (nSPS) is 14.8. The highest BCUT2D eigenvalue weighted by Gasteiger charge is 2.24. The van der Waals surface area contributed by atoms with Crippen molar-refractivity contribution in [2.45, 2.75) is 11.4 Å². The number of hydrogen-bond acceptors (Lipinski definition) is 5. The Morgan fingerprint density at radius 1 is 1.14 bits per heavy atom. The van der Waals surface area contributed by atoms with Crippen LogP contribution in [0.4, 0.5) is 10.1 Å². The van der Waals surface area contributed by atoms with Crippen LogP contribution in [0.3, 0.4) is 0 Å². The fourth-order valence-corrected chi connectivity index (χ4v) is 3.96. The lowest BCUT2D eigenvalue weighted by molar-refractivity contribution is 0.0949. The first-order valence-corrected chi connectivity index (χ1v) is 10.6. The minimum absolute atomic E-state index is 0.0476. The van der Waals surface area contributed by atoms with Crippen molar-refractivity contribution in [3.05, 3.63) is 59.4 Å². The van der Waals surface area contributed by atoms with E-state index in [1.807, 2.05) is 4.90 Å². The Balaban J connectivity index is 1.91. The third kappa shape index (κ3) is 4.92. The smallest absolute Gasteiger partial charge is 0.253 e. The Labute approximate surface area is 170 Å². The molecule has 1 N–H and O–H groups in total. The summed E-state index contributed by atoms with van der Waals surface area (Å²) in [6, 6.07) is 10.4. The molecular weight excluding hydrogens is 397 g/mol. The second kappa shape index (κ2) is 8.89. The van der Waals surface area contributed by atoms with Crippen LogP contribution in [0.25, 0.3) is 0 Å². The van der Waals surface area contributed by atoms with E-state index < -0.39 is 15.9 Å².